The minimum absolute atomic E-state index is 0.451. The predicted octanol–water partition coefficient (Wildman–Crippen LogP) is 4.85. The second kappa shape index (κ2) is 7.96. The van der Waals surface area contributed by atoms with Gasteiger partial charge in [0.15, 0.2) is 0 Å². The summed E-state index contributed by atoms with van der Waals surface area (Å²) in [5, 5.41) is 4.15. The summed E-state index contributed by atoms with van der Waals surface area (Å²) >= 11 is 2.06. The van der Waals surface area contributed by atoms with Crippen molar-refractivity contribution in [1.29, 1.82) is 0 Å². The van der Waals surface area contributed by atoms with Gasteiger partial charge in [0.1, 0.15) is 0 Å². The van der Waals surface area contributed by atoms with Gasteiger partial charge in [0.05, 0.1) is 0 Å². The van der Waals surface area contributed by atoms with Gasteiger partial charge in [-0.1, -0.05) is 58.9 Å². The fourth-order valence-corrected chi connectivity index (χ4v) is 3.14. The third kappa shape index (κ3) is 5.19. The summed E-state index contributed by atoms with van der Waals surface area (Å²) in [6.07, 6.45) is 0. The molecule has 2 heteroatoms. The van der Waals surface area contributed by atoms with Crippen LogP contribution in [-0.4, -0.2) is 18.1 Å². The Morgan fingerprint density at radius 3 is 1.89 bits per heavy atom. The summed E-state index contributed by atoms with van der Waals surface area (Å²) in [5.74, 6) is 2.49. The SMILES string of the molecule is CNC(CSC(C)C(C)C)c1ccc(C(C)C)cc1. The first-order valence-corrected chi connectivity index (χ1v) is 8.39. The molecule has 0 fully saturated rings. The molecule has 0 amide bonds. The van der Waals surface area contributed by atoms with Gasteiger partial charge in [-0.15, -0.1) is 0 Å². The monoisotopic (exact) mass is 279 g/mol. The van der Waals surface area contributed by atoms with Crippen LogP contribution in [0.5, 0.6) is 0 Å². The molecule has 0 aromatic heterocycles. The molecule has 1 aromatic rings. The van der Waals surface area contributed by atoms with E-state index in [1.807, 2.05) is 0 Å². The summed E-state index contributed by atoms with van der Waals surface area (Å²) in [7, 11) is 2.06. The molecule has 1 N–H and O–H groups in total. The minimum atomic E-state index is 0.451. The van der Waals surface area contributed by atoms with E-state index in [0.29, 0.717) is 17.2 Å². The van der Waals surface area contributed by atoms with Crippen LogP contribution in [0.4, 0.5) is 0 Å². The highest BCUT2D eigenvalue weighted by molar-refractivity contribution is 7.99. The van der Waals surface area contributed by atoms with Crippen LogP contribution in [0.2, 0.25) is 0 Å². The first-order chi connectivity index (χ1) is 8.95. The summed E-state index contributed by atoms with van der Waals surface area (Å²) in [6, 6.07) is 9.53. The Balaban J connectivity index is 2.64. The molecule has 0 radical (unpaired) electrons. The lowest BCUT2D eigenvalue weighted by molar-refractivity contribution is 0.629. The van der Waals surface area contributed by atoms with Crippen molar-refractivity contribution in [3.63, 3.8) is 0 Å². The van der Waals surface area contributed by atoms with E-state index < -0.39 is 0 Å². The van der Waals surface area contributed by atoms with Gasteiger partial charge in [0.2, 0.25) is 0 Å². The van der Waals surface area contributed by atoms with E-state index in [-0.39, 0.29) is 0 Å². The molecule has 0 aliphatic rings. The maximum atomic E-state index is 3.44. The van der Waals surface area contributed by atoms with Gasteiger partial charge in [-0.05, 0) is 30.0 Å². The Hall–Kier alpha value is -0.470. The molecule has 1 rings (SSSR count). The Kier molecular flexibility index (Phi) is 6.95. The Morgan fingerprint density at radius 1 is 0.947 bits per heavy atom. The largest absolute Gasteiger partial charge is 0.312 e. The standard InChI is InChI=1S/C17H29NS/c1-12(2)14(5)19-11-17(18-6)16-9-7-15(8-10-16)13(3)4/h7-10,12-14,17-18H,11H2,1-6H3. The van der Waals surface area contributed by atoms with E-state index >= 15 is 0 Å². The van der Waals surface area contributed by atoms with Crippen LogP contribution in [0, 0.1) is 5.92 Å². The van der Waals surface area contributed by atoms with E-state index in [0.717, 1.165) is 11.7 Å². The second-order valence-electron chi connectivity index (χ2n) is 5.95. The van der Waals surface area contributed by atoms with Crippen molar-refractivity contribution < 1.29 is 0 Å². The molecular formula is C17H29NS. The van der Waals surface area contributed by atoms with Gasteiger partial charge >= 0.3 is 0 Å². The van der Waals surface area contributed by atoms with Crippen LogP contribution in [0.1, 0.15) is 57.7 Å². The maximum absolute atomic E-state index is 3.44. The zero-order chi connectivity index (χ0) is 14.4. The van der Waals surface area contributed by atoms with Gasteiger partial charge in [-0.2, -0.15) is 11.8 Å². The molecule has 0 bridgehead atoms. The third-order valence-corrected chi connectivity index (χ3v) is 5.41. The quantitative estimate of drug-likeness (QED) is 0.766. The Labute approximate surface area is 123 Å². The fraction of sp³-hybridized carbons (Fsp3) is 0.647. The van der Waals surface area contributed by atoms with Crippen LogP contribution in [0.15, 0.2) is 24.3 Å². The van der Waals surface area contributed by atoms with Crippen molar-refractivity contribution in [3.8, 4) is 0 Å². The number of rotatable bonds is 7. The molecule has 0 aliphatic carbocycles. The number of hydrogen-bond donors (Lipinski definition) is 1. The van der Waals surface area contributed by atoms with Gasteiger partial charge in [-0.25, -0.2) is 0 Å². The maximum Gasteiger partial charge on any atom is 0.0409 e. The van der Waals surface area contributed by atoms with Crippen molar-refractivity contribution in [1.82, 2.24) is 5.32 Å². The molecule has 2 unspecified atom stereocenters. The van der Waals surface area contributed by atoms with Crippen molar-refractivity contribution in [3.05, 3.63) is 35.4 Å². The number of nitrogens with one attached hydrogen (secondary N) is 1. The normalized spacial score (nSPS) is 14.9. The van der Waals surface area contributed by atoms with Crippen LogP contribution < -0.4 is 5.32 Å². The highest BCUT2D eigenvalue weighted by Crippen LogP contribution is 2.26. The predicted molar refractivity (Wildman–Crippen MR) is 89.1 cm³/mol. The van der Waals surface area contributed by atoms with E-state index in [1.54, 1.807) is 0 Å². The van der Waals surface area contributed by atoms with Crippen LogP contribution >= 0.6 is 11.8 Å². The van der Waals surface area contributed by atoms with Crippen LogP contribution in [0.25, 0.3) is 0 Å². The summed E-state index contributed by atoms with van der Waals surface area (Å²) in [6.45, 7) is 11.4. The Morgan fingerprint density at radius 2 is 1.47 bits per heavy atom. The summed E-state index contributed by atoms with van der Waals surface area (Å²) < 4.78 is 0. The van der Waals surface area contributed by atoms with E-state index in [9.17, 15) is 0 Å². The minimum Gasteiger partial charge on any atom is -0.312 e. The molecule has 108 valence electrons. The van der Waals surface area contributed by atoms with Crippen molar-refractivity contribution in [2.75, 3.05) is 12.8 Å². The molecule has 2 atom stereocenters. The van der Waals surface area contributed by atoms with Gasteiger partial charge in [0, 0.05) is 17.0 Å². The molecular weight excluding hydrogens is 250 g/mol. The lowest BCUT2D eigenvalue weighted by Crippen LogP contribution is -2.20. The van der Waals surface area contributed by atoms with Gasteiger partial charge in [0.25, 0.3) is 0 Å². The molecule has 1 aromatic carbocycles. The van der Waals surface area contributed by atoms with E-state index in [1.165, 1.54) is 11.1 Å². The molecule has 0 saturated carbocycles. The highest BCUT2D eigenvalue weighted by Gasteiger charge is 2.14. The topological polar surface area (TPSA) is 12.0 Å². The lowest BCUT2D eigenvalue weighted by atomic mass is 10.00. The van der Waals surface area contributed by atoms with Crippen LogP contribution in [-0.2, 0) is 0 Å². The average molecular weight is 279 g/mol. The zero-order valence-corrected chi connectivity index (χ0v) is 14.1. The van der Waals surface area contributed by atoms with Crippen molar-refractivity contribution in [2.24, 2.45) is 5.92 Å². The summed E-state index contributed by atoms with van der Waals surface area (Å²) in [4.78, 5) is 0. The van der Waals surface area contributed by atoms with E-state index in [2.05, 4.69) is 83.0 Å². The average Bonchev–Trinajstić information content (AvgIpc) is 2.39. The molecule has 0 heterocycles. The van der Waals surface area contributed by atoms with Gasteiger partial charge < -0.3 is 5.32 Å². The number of benzene rings is 1. The number of hydrogen-bond acceptors (Lipinski definition) is 2. The molecule has 0 saturated heterocycles. The zero-order valence-electron chi connectivity index (χ0n) is 13.2. The molecule has 1 nitrogen and oxygen atoms in total. The van der Waals surface area contributed by atoms with E-state index in [4.69, 9.17) is 0 Å². The molecule has 19 heavy (non-hydrogen) atoms. The van der Waals surface area contributed by atoms with Crippen LogP contribution in [0.3, 0.4) is 0 Å². The van der Waals surface area contributed by atoms with Crippen molar-refractivity contribution >= 4 is 11.8 Å². The van der Waals surface area contributed by atoms with Crippen molar-refractivity contribution in [2.45, 2.75) is 51.8 Å². The second-order valence-corrected chi connectivity index (χ2v) is 7.36. The first kappa shape index (κ1) is 16.6. The van der Waals surface area contributed by atoms with Gasteiger partial charge in [-0.3, -0.25) is 0 Å². The smallest absolute Gasteiger partial charge is 0.0409 e. The fourth-order valence-electron chi connectivity index (χ4n) is 1.90. The molecule has 0 spiro atoms. The Bertz CT molecular complexity index is 356. The first-order valence-electron chi connectivity index (χ1n) is 7.34. The lowest BCUT2D eigenvalue weighted by Gasteiger charge is -2.21. The summed E-state index contributed by atoms with van der Waals surface area (Å²) in [5.41, 5.74) is 2.82. The highest BCUT2D eigenvalue weighted by atomic mass is 32.2. The third-order valence-electron chi connectivity index (χ3n) is 3.82. The molecule has 0 aliphatic heterocycles. The number of thioether (sulfide) groups is 1.